The first-order chi connectivity index (χ1) is 24.8. The number of thiophene rings is 1. The number of rotatable bonds is 4. The highest BCUT2D eigenvalue weighted by Crippen LogP contribution is 2.42. The van der Waals surface area contributed by atoms with Crippen molar-refractivity contribution in [1.82, 2.24) is 5.32 Å². The van der Waals surface area contributed by atoms with E-state index >= 15 is 0 Å². The minimum absolute atomic E-state index is 0.0613. The molecule has 9 aromatic rings. The number of hydrogen-bond donors (Lipinski definition) is 1. The van der Waals surface area contributed by atoms with Crippen LogP contribution in [0.2, 0.25) is 0 Å². The third-order valence-electron chi connectivity index (χ3n) is 10.5. The lowest BCUT2D eigenvalue weighted by atomic mass is 9.91. The van der Waals surface area contributed by atoms with Gasteiger partial charge in [-0.05, 0) is 85.6 Å². The first-order valence-electron chi connectivity index (χ1n) is 17.5. The van der Waals surface area contributed by atoms with Gasteiger partial charge in [0.2, 0.25) is 0 Å². The fraction of sp³-hybridized carbons (Fsp3) is 0.0851. The zero-order valence-corrected chi connectivity index (χ0v) is 28.3. The Bertz CT molecular complexity index is 2720. The highest BCUT2D eigenvalue weighted by Gasteiger charge is 2.25. The summed E-state index contributed by atoms with van der Waals surface area (Å²) in [5, 5.41) is 14.4. The lowest BCUT2D eigenvalue weighted by Crippen LogP contribution is -2.28. The molecule has 0 fully saturated rings. The average molecular weight is 659 g/mol. The standard InChI is InChI=1S/C47H34N2S/c1-2-12-30(13-3-1)47-48-43(26-27-44(49-47)41-22-11-21-40-39-20-8-9-23-45(39)50-46(40)41)33-15-10-14-31(28-33)32-24-25-38-36-18-5-4-16-34(36)35-17-6-7-19-37(35)42(38)29-32/h1-25,28-29,43-44H,26-27H2,(H,48,49). The summed E-state index contributed by atoms with van der Waals surface area (Å²) in [6.07, 6.45) is 1.93. The van der Waals surface area contributed by atoms with E-state index in [1.807, 2.05) is 11.3 Å². The Kier molecular flexibility index (Phi) is 6.99. The van der Waals surface area contributed by atoms with E-state index < -0.39 is 0 Å². The molecule has 2 unspecified atom stereocenters. The Labute approximate surface area is 295 Å². The number of benzene rings is 8. The maximum absolute atomic E-state index is 5.49. The highest BCUT2D eigenvalue weighted by atomic mass is 32.1. The van der Waals surface area contributed by atoms with Crippen molar-refractivity contribution in [2.24, 2.45) is 4.99 Å². The van der Waals surface area contributed by atoms with E-state index in [0.29, 0.717) is 0 Å². The van der Waals surface area contributed by atoms with Gasteiger partial charge in [-0.3, -0.25) is 4.99 Å². The Morgan fingerprint density at radius 3 is 1.84 bits per heavy atom. The summed E-state index contributed by atoms with van der Waals surface area (Å²) in [4.78, 5) is 5.49. The predicted molar refractivity (Wildman–Crippen MR) is 215 cm³/mol. The molecule has 0 aliphatic carbocycles. The van der Waals surface area contributed by atoms with Crippen LogP contribution in [0, 0.1) is 0 Å². The van der Waals surface area contributed by atoms with Gasteiger partial charge >= 0.3 is 0 Å². The predicted octanol–water partition coefficient (Wildman–Crippen LogP) is 12.8. The summed E-state index contributed by atoms with van der Waals surface area (Å²) in [6.45, 7) is 0. The molecule has 10 rings (SSSR count). The van der Waals surface area contributed by atoms with Crippen molar-refractivity contribution in [3.05, 3.63) is 180 Å². The second kappa shape index (κ2) is 12.0. The van der Waals surface area contributed by atoms with Gasteiger partial charge in [0, 0.05) is 25.7 Å². The summed E-state index contributed by atoms with van der Waals surface area (Å²) >= 11 is 1.89. The topological polar surface area (TPSA) is 24.4 Å². The maximum atomic E-state index is 5.49. The van der Waals surface area contributed by atoms with Gasteiger partial charge in [-0.25, -0.2) is 0 Å². The van der Waals surface area contributed by atoms with Crippen LogP contribution in [-0.4, -0.2) is 5.84 Å². The number of fused-ring (bicyclic) bond motifs is 9. The van der Waals surface area contributed by atoms with Crippen molar-refractivity contribution in [3.63, 3.8) is 0 Å². The fourth-order valence-electron chi connectivity index (χ4n) is 8.10. The zero-order valence-electron chi connectivity index (χ0n) is 27.5. The smallest absolute Gasteiger partial charge is 0.129 e. The van der Waals surface area contributed by atoms with Crippen molar-refractivity contribution >= 4 is 69.7 Å². The summed E-state index contributed by atoms with van der Waals surface area (Å²) in [6, 6.07) is 60.1. The van der Waals surface area contributed by atoms with Crippen LogP contribution in [0.4, 0.5) is 0 Å². The molecule has 0 saturated heterocycles. The molecule has 2 atom stereocenters. The summed E-state index contributed by atoms with van der Waals surface area (Å²) in [5.74, 6) is 0.964. The van der Waals surface area contributed by atoms with Crippen LogP contribution < -0.4 is 5.32 Å². The molecule has 1 aliphatic heterocycles. The molecular formula is C47H34N2S. The van der Waals surface area contributed by atoms with Crippen LogP contribution in [0.25, 0.3) is 63.6 Å². The monoisotopic (exact) mass is 658 g/mol. The van der Waals surface area contributed by atoms with E-state index in [1.54, 1.807) is 0 Å². The number of hydrogen-bond acceptors (Lipinski definition) is 3. The van der Waals surface area contributed by atoms with E-state index in [-0.39, 0.29) is 12.1 Å². The highest BCUT2D eigenvalue weighted by molar-refractivity contribution is 7.26. The van der Waals surface area contributed by atoms with E-state index in [2.05, 4.69) is 169 Å². The number of amidine groups is 1. The van der Waals surface area contributed by atoms with Gasteiger partial charge in [-0.15, -0.1) is 11.3 Å². The molecule has 0 radical (unpaired) electrons. The summed E-state index contributed by atoms with van der Waals surface area (Å²) in [5.41, 5.74) is 6.20. The molecule has 8 aromatic carbocycles. The Balaban J connectivity index is 1.05. The normalized spacial score (nSPS) is 16.5. The second-order valence-electron chi connectivity index (χ2n) is 13.4. The van der Waals surface area contributed by atoms with Crippen molar-refractivity contribution in [2.75, 3.05) is 0 Å². The van der Waals surface area contributed by atoms with Crippen LogP contribution in [0.3, 0.4) is 0 Å². The van der Waals surface area contributed by atoms with Crippen molar-refractivity contribution in [3.8, 4) is 11.1 Å². The molecule has 1 aliphatic rings. The van der Waals surface area contributed by atoms with Gasteiger partial charge in [-0.1, -0.05) is 146 Å². The SMILES string of the molecule is c1ccc(C2=NC(c3cccc4c3sc3ccccc34)CCC(c3cccc(-c4ccc5c6ccccc6c6ccccc6c5c4)c3)N2)cc1. The number of nitrogens with zero attached hydrogens (tertiary/aromatic N) is 1. The zero-order chi connectivity index (χ0) is 33.0. The molecular weight excluding hydrogens is 625 g/mol. The molecule has 3 heteroatoms. The maximum Gasteiger partial charge on any atom is 0.129 e. The van der Waals surface area contributed by atoms with E-state index in [1.165, 1.54) is 74.7 Å². The molecule has 50 heavy (non-hydrogen) atoms. The minimum Gasteiger partial charge on any atom is -0.363 e. The average Bonchev–Trinajstić information content (AvgIpc) is 3.43. The molecule has 0 spiro atoms. The molecule has 238 valence electrons. The molecule has 0 amide bonds. The van der Waals surface area contributed by atoms with Crippen LogP contribution in [0.15, 0.2) is 169 Å². The molecule has 1 aromatic heterocycles. The summed E-state index contributed by atoms with van der Waals surface area (Å²) < 4.78 is 2.69. The largest absolute Gasteiger partial charge is 0.363 e. The molecule has 0 bridgehead atoms. The van der Waals surface area contributed by atoms with Crippen LogP contribution in [0.1, 0.15) is 41.6 Å². The van der Waals surface area contributed by atoms with Gasteiger partial charge in [0.05, 0.1) is 12.1 Å². The van der Waals surface area contributed by atoms with E-state index in [0.717, 1.165) is 24.2 Å². The Morgan fingerprint density at radius 2 is 1.06 bits per heavy atom. The number of aliphatic imine (C=N–C) groups is 1. The first kappa shape index (κ1) is 29.2. The van der Waals surface area contributed by atoms with Crippen molar-refractivity contribution in [2.45, 2.75) is 24.9 Å². The molecule has 2 heterocycles. The summed E-state index contributed by atoms with van der Waals surface area (Å²) in [7, 11) is 0. The van der Waals surface area contributed by atoms with Crippen LogP contribution in [-0.2, 0) is 0 Å². The van der Waals surface area contributed by atoms with Gasteiger partial charge < -0.3 is 5.32 Å². The quantitative estimate of drug-likeness (QED) is 0.187. The lowest BCUT2D eigenvalue weighted by Gasteiger charge is -2.20. The van der Waals surface area contributed by atoms with Gasteiger partial charge in [-0.2, -0.15) is 0 Å². The Morgan fingerprint density at radius 1 is 0.460 bits per heavy atom. The molecule has 2 nitrogen and oxygen atoms in total. The van der Waals surface area contributed by atoms with Gasteiger partial charge in [0.1, 0.15) is 5.84 Å². The van der Waals surface area contributed by atoms with Crippen molar-refractivity contribution in [1.29, 1.82) is 0 Å². The van der Waals surface area contributed by atoms with Crippen LogP contribution >= 0.6 is 11.3 Å². The second-order valence-corrected chi connectivity index (χ2v) is 14.5. The lowest BCUT2D eigenvalue weighted by molar-refractivity contribution is 0.544. The minimum atomic E-state index is 0.0613. The van der Waals surface area contributed by atoms with Crippen molar-refractivity contribution < 1.29 is 0 Å². The fourth-order valence-corrected chi connectivity index (χ4v) is 9.37. The third kappa shape index (κ3) is 4.88. The Hall–Kier alpha value is -5.77. The number of nitrogens with one attached hydrogen (secondary N) is 1. The molecule has 0 saturated carbocycles. The third-order valence-corrected chi connectivity index (χ3v) is 11.8. The van der Waals surface area contributed by atoms with Gasteiger partial charge in [0.15, 0.2) is 0 Å². The molecule has 1 N–H and O–H groups in total. The van der Waals surface area contributed by atoms with Gasteiger partial charge in [0.25, 0.3) is 0 Å². The van der Waals surface area contributed by atoms with Crippen LogP contribution in [0.5, 0.6) is 0 Å². The van der Waals surface area contributed by atoms with E-state index in [9.17, 15) is 0 Å². The van der Waals surface area contributed by atoms with E-state index in [4.69, 9.17) is 4.99 Å². The first-order valence-corrected chi connectivity index (χ1v) is 18.3.